The molecule has 94 valence electrons. The molecule has 1 atom stereocenters. The summed E-state index contributed by atoms with van der Waals surface area (Å²) in [6.07, 6.45) is 4.90. The summed E-state index contributed by atoms with van der Waals surface area (Å²) in [4.78, 5) is 0. The molecular formula is C15H27F. The summed E-state index contributed by atoms with van der Waals surface area (Å²) in [5, 5.41) is 0. The zero-order valence-electron chi connectivity index (χ0n) is 11.5. The van der Waals surface area contributed by atoms with Crippen LogP contribution in [0.1, 0.15) is 47.5 Å². The molecule has 0 radical (unpaired) electrons. The number of hydrogen-bond donors (Lipinski definition) is 0. The highest BCUT2D eigenvalue weighted by Gasteiger charge is 2.06. The van der Waals surface area contributed by atoms with Crippen molar-refractivity contribution in [1.82, 2.24) is 0 Å². The predicted octanol–water partition coefficient (Wildman–Crippen LogP) is 5.68. The van der Waals surface area contributed by atoms with Crippen LogP contribution < -0.4 is 0 Å². The second-order valence-electron chi connectivity index (χ2n) is 4.18. The van der Waals surface area contributed by atoms with E-state index in [4.69, 9.17) is 0 Å². The number of hydrogen-bond acceptors (Lipinski definition) is 0. The maximum Gasteiger partial charge on any atom is 0.122 e. The van der Waals surface area contributed by atoms with Crippen molar-refractivity contribution in [3.8, 4) is 0 Å². The van der Waals surface area contributed by atoms with Crippen LogP contribution in [0.2, 0.25) is 0 Å². The lowest BCUT2D eigenvalue weighted by Crippen LogP contribution is -1.99. The molecule has 0 bridgehead atoms. The largest absolute Gasteiger partial charge is 0.207 e. The van der Waals surface area contributed by atoms with Gasteiger partial charge in [-0.1, -0.05) is 54.2 Å². The Labute approximate surface area is 101 Å². The number of rotatable bonds is 6. The Bertz CT molecular complexity index is 224. The Morgan fingerprint density at radius 3 is 2.06 bits per heavy atom. The van der Waals surface area contributed by atoms with Gasteiger partial charge in [-0.3, -0.25) is 0 Å². The molecule has 0 nitrogen and oxygen atoms in total. The molecule has 0 aliphatic rings. The molecule has 0 rings (SSSR count). The van der Waals surface area contributed by atoms with Gasteiger partial charge in [-0.25, -0.2) is 4.39 Å². The average Bonchev–Trinajstić information content (AvgIpc) is 2.28. The highest BCUT2D eigenvalue weighted by Crippen LogP contribution is 2.20. The average molecular weight is 226 g/mol. The van der Waals surface area contributed by atoms with E-state index in [-0.39, 0.29) is 5.83 Å². The van der Waals surface area contributed by atoms with Crippen molar-refractivity contribution in [2.24, 2.45) is 11.8 Å². The van der Waals surface area contributed by atoms with E-state index in [0.717, 1.165) is 18.4 Å². The molecular weight excluding hydrogens is 199 g/mol. The molecule has 0 fully saturated rings. The van der Waals surface area contributed by atoms with Gasteiger partial charge in [-0.15, -0.1) is 0 Å². The molecule has 0 amide bonds. The van der Waals surface area contributed by atoms with Crippen molar-refractivity contribution in [2.45, 2.75) is 47.5 Å². The van der Waals surface area contributed by atoms with Crippen LogP contribution in [-0.2, 0) is 0 Å². The van der Waals surface area contributed by atoms with E-state index < -0.39 is 0 Å². The molecule has 1 heteroatoms. The van der Waals surface area contributed by atoms with Crippen molar-refractivity contribution < 1.29 is 4.39 Å². The molecule has 0 N–H and O–H groups in total. The van der Waals surface area contributed by atoms with Crippen molar-refractivity contribution >= 4 is 0 Å². The third-order valence-electron chi connectivity index (χ3n) is 2.33. The van der Waals surface area contributed by atoms with Crippen LogP contribution in [0.5, 0.6) is 0 Å². The quantitative estimate of drug-likeness (QED) is 0.511. The predicted molar refractivity (Wildman–Crippen MR) is 73.1 cm³/mol. The van der Waals surface area contributed by atoms with Crippen molar-refractivity contribution in [2.75, 3.05) is 0 Å². The van der Waals surface area contributed by atoms with Gasteiger partial charge >= 0.3 is 0 Å². The summed E-state index contributed by atoms with van der Waals surface area (Å²) in [5.41, 5.74) is 0.850. The van der Waals surface area contributed by atoms with E-state index >= 15 is 0 Å². The lowest BCUT2D eigenvalue weighted by molar-refractivity contribution is 0.493. The highest BCUT2D eigenvalue weighted by atomic mass is 19.1. The molecule has 0 aromatic rings. The number of halogens is 1. The molecule has 0 heterocycles. The van der Waals surface area contributed by atoms with Gasteiger partial charge in [0.1, 0.15) is 5.83 Å². The minimum atomic E-state index is -0.300. The van der Waals surface area contributed by atoms with E-state index in [0.29, 0.717) is 11.8 Å². The molecule has 0 aliphatic heterocycles. The van der Waals surface area contributed by atoms with Crippen molar-refractivity contribution in [1.29, 1.82) is 0 Å². The maximum absolute atomic E-state index is 12.8. The summed E-state index contributed by atoms with van der Waals surface area (Å²) < 4.78 is 12.8. The smallest absolute Gasteiger partial charge is 0.122 e. The van der Waals surface area contributed by atoms with Crippen molar-refractivity contribution in [3.05, 3.63) is 36.7 Å². The molecule has 0 aromatic carbocycles. The topological polar surface area (TPSA) is 0 Å². The van der Waals surface area contributed by atoms with Crippen LogP contribution in [0.3, 0.4) is 0 Å². The van der Waals surface area contributed by atoms with E-state index in [9.17, 15) is 4.39 Å². The van der Waals surface area contributed by atoms with Gasteiger partial charge in [-0.05, 0) is 36.0 Å². The first-order valence-electron chi connectivity index (χ1n) is 6.15. The standard InChI is InChI=1S/C13H21F.C2H6/c1-6-13(14)9-12(5)11(4)8-7-10(2)3;1-2/h6,9-11H,1,5,7-8H2,2-4H3;1-2H3/b13-9+;. The highest BCUT2D eigenvalue weighted by molar-refractivity contribution is 5.24. The molecule has 0 aromatic heterocycles. The first-order valence-corrected chi connectivity index (χ1v) is 6.15. The van der Waals surface area contributed by atoms with Gasteiger partial charge in [0.2, 0.25) is 0 Å². The Hall–Kier alpha value is -0.850. The van der Waals surface area contributed by atoms with Crippen LogP contribution in [0, 0.1) is 11.8 Å². The molecule has 0 saturated carbocycles. The first kappa shape index (κ1) is 17.5. The SMILES string of the molecule is C=C/C(F)=C\C(=C)C(C)CCC(C)C.CC. The van der Waals surface area contributed by atoms with E-state index in [2.05, 4.69) is 33.9 Å². The molecule has 1 unspecified atom stereocenters. The minimum absolute atomic E-state index is 0.300. The lowest BCUT2D eigenvalue weighted by atomic mass is 9.93. The molecule has 0 saturated heterocycles. The van der Waals surface area contributed by atoms with Gasteiger partial charge in [0.05, 0.1) is 0 Å². The van der Waals surface area contributed by atoms with E-state index in [1.807, 2.05) is 13.8 Å². The van der Waals surface area contributed by atoms with Gasteiger partial charge < -0.3 is 0 Å². The Morgan fingerprint density at radius 1 is 1.19 bits per heavy atom. The summed E-state index contributed by atoms with van der Waals surface area (Å²) in [5.74, 6) is 0.743. The molecule has 0 spiro atoms. The number of allylic oxidation sites excluding steroid dienone is 4. The zero-order chi connectivity index (χ0) is 13.1. The van der Waals surface area contributed by atoms with Crippen LogP contribution in [0.25, 0.3) is 0 Å². The van der Waals surface area contributed by atoms with Crippen LogP contribution in [0.15, 0.2) is 36.7 Å². The fraction of sp³-hybridized carbons (Fsp3) is 0.600. The third kappa shape index (κ3) is 9.70. The molecule has 16 heavy (non-hydrogen) atoms. The van der Waals surface area contributed by atoms with Crippen LogP contribution >= 0.6 is 0 Å². The summed E-state index contributed by atoms with van der Waals surface area (Å²) in [7, 11) is 0. The summed E-state index contributed by atoms with van der Waals surface area (Å²) in [6.45, 7) is 17.7. The van der Waals surface area contributed by atoms with Gasteiger partial charge in [0, 0.05) is 0 Å². The monoisotopic (exact) mass is 226 g/mol. The van der Waals surface area contributed by atoms with E-state index in [1.165, 1.54) is 12.2 Å². The van der Waals surface area contributed by atoms with Gasteiger partial charge in [-0.2, -0.15) is 0 Å². The second-order valence-corrected chi connectivity index (χ2v) is 4.18. The Kier molecular flexibility index (Phi) is 11.7. The zero-order valence-corrected chi connectivity index (χ0v) is 11.5. The molecule has 0 aliphatic carbocycles. The first-order chi connectivity index (χ1) is 7.47. The fourth-order valence-corrected chi connectivity index (χ4v) is 1.15. The van der Waals surface area contributed by atoms with Crippen LogP contribution in [0.4, 0.5) is 4.39 Å². The van der Waals surface area contributed by atoms with Crippen LogP contribution in [-0.4, -0.2) is 0 Å². The summed E-state index contributed by atoms with van der Waals surface area (Å²) in [6, 6.07) is 0. The third-order valence-corrected chi connectivity index (χ3v) is 2.33. The summed E-state index contributed by atoms with van der Waals surface area (Å²) >= 11 is 0. The van der Waals surface area contributed by atoms with Gasteiger partial charge in [0.15, 0.2) is 0 Å². The van der Waals surface area contributed by atoms with E-state index in [1.54, 1.807) is 0 Å². The van der Waals surface area contributed by atoms with Gasteiger partial charge in [0.25, 0.3) is 0 Å². The van der Waals surface area contributed by atoms with Crippen molar-refractivity contribution in [3.63, 3.8) is 0 Å². The Balaban J connectivity index is 0. The Morgan fingerprint density at radius 2 is 1.69 bits per heavy atom. The normalized spacial score (nSPS) is 12.8. The fourth-order valence-electron chi connectivity index (χ4n) is 1.15. The maximum atomic E-state index is 12.8. The lowest BCUT2D eigenvalue weighted by Gasteiger charge is -2.13. The second kappa shape index (κ2) is 10.7. The minimum Gasteiger partial charge on any atom is -0.207 e.